The summed E-state index contributed by atoms with van der Waals surface area (Å²) in [5.41, 5.74) is 1.39. The molecule has 0 saturated carbocycles. The smallest absolute Gasteiger partial charge is 0.342 e. The molecule has 1 heterocycles. The van der Waals surface area contributed by atoms with E-state index in [9.17, 15) is 9.59 Å². The Balaban J connectivity index is 2.50. The van der Waals surface area contributed by atoms with Crippen LogP contribution in [0.25, 0.3) is 0 Å². The number of hydrogen-bond donors (Lipinski definition) is 1. The highest BCUT2D eigenvalue weighted by Crippen LogP contribution is 2.41. The number of hydrogen-bond acceptors (Lipinski definition) is 5. The summed E-state index contributed by atoms with van der Waals surface area (Å²) < 4.78 is 20.1. The molecule has 2 rings (SSSR count). The molecule has 0 bridgehead atoms. The van der Waals surface area contributed by atoms with Gasteiger partial charge in [-0.2, -0.15) is 0 Å². The lowest BCUT2D eigenvalue weighted by molar-refractivity contribution is -0.115. The van der Waals surface area contributed by atoms with Gasteiger partial charge in [-0.3, -0.25) is 4.79 Å². The number of amides is 1. The van der Waals surface area contributed by atoms with Crippen LogP contribution in [0.5, 0.6) is 5.75 Å². The standard InChI is InChI=1S/C38H61NO5Si2/c1-13-14-15-16-26-34(40)39-27-20-24-31-28-33(44-46(11,12)38(6,7)8)29(2)21-17-18-22-30-23-19-25-32(35(30)36(41)42-31)43-45(9,10)37(3,4)5/h14-20,23,25-27,29,31,33H,13,21-22,24,28H2,1-12H3,(H,39,40)/b15-14-,18-17+,26-16-,27-20+/t29-,31?,33+/m0/s1. The SMILES string of the molecule is CC/C=C\C=C/C(=O)N/C=C/CC1C[C@@H](O[Si](C)(C)C(C)(C)C)[C@@H](C)C/C=C/Cc2cccc(O[Si](C)(C)C(C)(C)C)c2C(=O)O1. The van der Waals surface area contributed by atoms with E-state index in [1.165, 1.54) is 6.08 Å². The highest BCUT2D eigenvalue weighted by molar-refractivity contribution is 6.75. The Hall–Kier alpha value is -2.69. The zero-order valence-corrected chi connectivity index (χ0v) is 32.7. The van der Waals surface area contributed by atoms with Gasteiger partial charge in [0.1, 0.15) is 17.4 Å². The van der Waals surface area contributed by atoms with Crippen molar-refractivity contribution in [2.75, 3.05) is 0 Å². The molecule has 1 aromatic carbocycles. The molecule has 256 valence electrons. The second kappa shape index (κ2) is 16.9. The minimum Gasteiger partial charge on any atom is -0.543 e. The molecule has 0 fully saturated rings. The van der Waals surface area contributed by atoms with Crippen molar-refractivity contribution < 1.29 is 23.2 Å². The predicted octanol–water partition coefficient (Wildman–Crippen LogP) is 10.1. The molecule has 1 N–H and O–H groups in total. The van der Waals surface area contributed by atoms with E-state index in [-0.39, 0.29) is 34.0 Å². The normalized spacial score (nSPS) is 21.5. The van der Waals surface area contributed by atoms with Crippen molar-refractivity contribution in [1.82, 2.24) is 5.32 Å². The van der Waals surface area contributed by atoms with Gasteiger partial charge in [-0.15, -0.1) is 0 Å². The van der Waals surface area contributed by atoms with Crippen molar-refractivity contribution in [2.45, 2.75) is 136 Å². The third-order valence-electron chi connectivity index (χ3n) is 9.63. The van der Waals surface area contributed by atoms with Crippen LogP contribution >= 0.6 is 0 Å². The van der Waals surface area contributed by atoms with Gasteiger partial charge in [0, 0.05) is 25.1 Å². The van der Waals surface area contributed by atoms with Crippen molar-refractivity contribution in [1.29, 1.82) is 0 Å². The molecule has 1 aliphatic heterocycles. The summed E-state index contributed by atoms with van der Waals surface area (Å²) >= 11 is 0. The minimum atomic E-state index is -2.24. The summed E-state index contributed by atoms with van der Waals surface area (Å²) in [4.78, 5) is 26.4. The van der Waals surface area contributed by atoms with E-state index in [0.29, 0.717) is 30.6 Å². The number of nitrogens with one attached hydrogen (secondary N) is 1. The summed E-state index contributed by atoms with van der Waals surface area (Å²) in [5, 5.41) is 2.80. The quantitative estimate of drug-likeness (QED) is 0.0884. The molecule has 46 heavy (non-hydrogen) atoms. The van der Waals surface area contributed by atoms with Crippen molar-refractivity contribution in [3.63, 3.8) is 0 Å². The number of benzene rings is 1. The predicted molar refractivity (Wildman–Crippen MR) is 197 cm³/mol. The first kappa shape index (κ1) is 39.5. The molecule has 0 saturated heterocycles. The van der Waals surface area contributed by atoms with Crippen LogP contribution in [-0.4, -0.2) is 40.7 Å². The first-order valence-electron chi connectivity index (χ1n) is 16.9. The molecular weight excluding hydrogens is 607 g/mol. The molecule has 1 aliphatic rings. The van der Waals surface area contributed by atoms with Crippen molar-refractivity contribution in [3.8, 4) is 5.75 Å². The second-order valence-electron chi connectivity index (χ2n) is 15.6. The van der Waals surface area contributed by atoms with Crippen LogP contribution in [0.1, 0.15) is 97.0 Å². The molecular formula is C38H61NO5Si2. The molecule has 0 aliphatic carbocycles. The maximum atomic E-state index is 14.2. The lowest BCUT2D eigenvalue weighted by Gasteiger charge is -2.41. The van der Waals surface area contributed by atoms with Crippen LogP contribution in [0.4, 0.5) is 0 Å². The van der Waals surface area contributed by atoms with Crippen molar-refractivity contribution >= 4 is 28.5 Å². The highest BCUT2D eigenvalue weighted by atomic mass is 28.4. The number of allylic oxidation sites excluding steroid dienone is 5. The van der Waals surface area contributed by atoms with Gasteiger partial charge in [0.2, 0.25) is 5.91 Å². The molecule has 0 spiro atoms. The molecule has 3 atom stereocenters. The van der Waals surface area contributed by atoms with Crippen molar-refractivity contribution in [2.24, 2.45) is 5.92 Å². The fourth-order valence-corrected chi connectivity index (χ4v) is 7.01. The van der Waals surface area contributed by atoms with Crippen LogP contribution in [0.15, 0.2) is 66.9 Å². The number of rotatable bonds is 10. The lowest BCUT2D eigenvalue weighted by Crippen LogP contribution is -2.46. The van der Waals surface area contributed by atoms with E-state index in [1.54, 1.807) is 12.3 Å². The number of carbonyl (C=O) groups is 2. The number of fused-ring (bicyclic) bond motifs is 1. The maximum absolute atomic E-state index is 14.2. The molecule has 0 radical (unpaired) electrons. The van der Waals surface area contributed by atoms with Crippen LogP contribution in [-0.2, 0) is 20.4 Å². The van der Waals surface area contributed by atoms with Gasteiger partial charge < -0.3 is 18.9 Å². The zero-order valence-electron chi connectivity index (χ0n) is 30.7. The number of carbonyl (C=O) groups excluding carboxylic acids is 2. The first-order chi connectivity index (χ1) is 21.3. The topological polar surface area (TPSA) is 73.9 Å². The van der Waals surface area contributed by atoms with E-state index >= 15 is 0 Å². The molecule has 1 amide bonds. The first-order valence-corrected chi connectivity index (χ1v) is 22.7. The van der Waals surface area contributed by atoms with Crippen LogP contribution in [0, 0.1) is 5.92 Å². The van der Waals surface area contributed by atoms with E-state index in [1.807, 2.05) is 43.4 Å². The van der Waals surface area contributed by atoms with Gasteiger partial charge in [0.05, 0.1) is 6.10 Å². The Bertz CT molecular complexity index is 1280. The Kier molecular flexibility index (Phi) is 14.5. The Morgan fingerprint density at radius 1 is 1.00 bits per heavy atom. The van der Waals surface area contributed by atoms with Gasteiger partial charge >= 0.3 is 5.97 Å². The molecule has 1 aromatic rings. The third-order valence-corrected chi connectivity index (χ3v) is 18.5. The maximum Gasteiger partial charge on any atom is 0.342 e. The monoisotopic (exact) mass is 667 g/mol. The van der Waals surface area contributed by atoms with Gasteiger partial charge in [-0.25, -0.2) is 4.79 Å². The number of esters is 1. The summed E-state index contributed by atoms with van der Waals surface area (Å²) in [5.74, 6) is 0.217. The third kappa shape index (κ3) is 11.8. The van der Waals surface area contributed by atoms with Crippen molar-refractivity contribution in [3.05, 3.63) is 78.1 Å². The molecule has 8 heteroatoms. The summed E-state index contributed by atoms with van der Waals surface area (Å²) in [7, 11) is -4.36. The average molecular weight is 668 g/mol. The van der Waals surface area contributed by atoms with Gasteiger partial charge in [0.15, 0.2) is 8.32 Å². The Morgan fingerprint density at radius 3 is 2.30 bits per heavy atom. The van der Waals surface area contributed by atoms with Crippen LogP contribution in [0.2, 0.25) is 36.3 Å². The molecule has 1 unspecified atom stereocenters. The summed E-state index contributed by atoms with van der Waals surface area (Å²) in [6.45, 7) is 26.5. The van der Waals surface area contributed by atoms with E-state index in [0.717, 1.165) is 18.4 Å². The van der Waals surface area contributed by atoms with Crippen LogP contribution < -0.4 is 9.74 Å². The minimum absolute atomic E-state index is 0.0331. The fourth-order valence-electron chi connectivity index (χ4n) is 4.54. The summed E-state index contributed by atoms with van der Waals surface area (Å²) in [6, 6.07) is 5.86. The fraction of sp³-hybridized carbons (Fsp3) is 0.579. The highest BCUT2D eigenvalue weighted by Gasteiger charge is 2.42. The Labute approximate surface area is 282 Å². The zero-order chi connectivity index (χ0) is 34.8. The van der Waals surface area contributed by atoms with Gasteiger partial charge in [-0.05, 0) is 73.1 Å². The van der Waals surface area contributed by atoms with E-state index < -0.39 is 22.7 Å². The molecule has 6 nitrogen and oxygen atoms in total. The number of ether oxygens (including phenoxy) is 1. The van der Waals surface area contributed by atoms with Gasteiger partial charge in [0.25, 0.3) is 8.32 Å². The number of cyclic esters (lactones) is 1. The van der Waals surface area contributed by atoms with E-state index in [2.05, 4.69) is 92.1 Å². The second-order valence-corrected chi connectivity index (χ2v) is 25.0. The lowest BCUT2D eigenvalue weighted by atomic mass is 9.93. The summed E-state index contributed by atoms with van der Waals surface area (Å²) in [6.07, 6.45) is 17.7. The van der Waals surface area contributed by atoms with Gasteiger partial charge in [-0.1, -0.05) is 104 Å². The van der Waals surface area contributed by atoms with Crippen LogP contribution in [0.3, 0.4) is 0 Å². The Morgan fingerprint density at radius 2 is 1.67 bits per heavy atom. The van der Waals surface area contributed by atoms with E-state index in [4.69, 9.17) is 13.6 Å². The average Bonchev–Trinajstić information content (AvgIpc) is 2.93. The molecule has 0 aromatic heterocycles. The largest absolute Gasteiger partial charge is 0.543 e.